The summed E-state index contributed by atoms with van der Waals surface area (Å²) in [7, 11) is 0. The predicted octanol–water partition coefficient (Wildman–Crippen LogP) is 3.83. The van der Waals surface area contributed by atoms with Crippen molar-refractivity contribution in [3.8, 4) is 0 Å². The molecule has 2 rings (SSSR count). The molecule has 0 saturated carbocycles. The van der Waals surface area contributed by atoms with Gasteiger partial charge in [-0.25, -0.2) is 4.39 Å². The van der Waals surface area contributed by atoms with Crippen LogP contribution in [0.25, 0.3) is 0 Å². The van der Waals surface area contributed by atoms with Crippen molar-refractivity contribution in [2.45, 2.75) is 38.8 Å². The Kier molecular flexibility index (Phi) is 4.81. The lowest BCUT2D eigenvalue weighted by Gasteiger charge is -2.40. The Balaban J connectivity index is 2.15. The first-order chi connectivity index (χ1) is 9.40. The number of rotatable bonds is 3. The van der Waals surface area contributed by atoms with Crippen LogP contribution in [0, 0.1) is 11.7 Å². The fourth-order valence-corrected chi connectivity index (χ4v) is 3.38. The van der Waals surface area contributed by atoms with E-state index in [0.717, 1.165) is 4.47 Å². The summed E-state index contributed by atoms with van der Waals surface area (Å²) in [5.74, 6) is -1.22. The van der Waals surface area contributed by atoms with Crippen molar-refractivity contribution in [3.63, 3.8) is 0 Å². The van der Waals surface area contributed by atoms with Gasteiger partial charge in [-0.15, -0.1) is 0 Å². The number of likely N-dealkylation sites (tertiary alicyclic amines) is 1. The Hall–Kier alpha value is -0.940. The lowest BCUT2D eigenvalue weighted by Crippen LogP contribution is -2.44. The number of carbonyl (C=O) groups is 1. The maximum Gasteiger partial charge on any atom is 0.306 e. The van der Waals surface area contributed by atoms with Crippen molar-refractivity contribution in [2.75, 3.05) is 6.54 Å². The van der Waals surface area contributed by atoms with Crippen LogP contribution in [-0.2, 0) is 4.79 Å². The molecule has 3 atom stereocenters. The molecular formula is C15H19BrFNO2. The molecule has 1 aromatic rings. The lowest BCUT2D eigenvalue weighted by molar-refractivity contribution is -0.144. The van der Waals surface area contributed by atoms with Crippen LogP contribution in [0.3, 0.4) is 0 Å². The number of hydrogen-bond acceptors (Lipinski definition) is 2. The molecule has 1 fully saturated rings. The van der Waals surface area contributed by atoms with E-state index in [0.29, 0.717) is 24.9 Å². The molecule has 20 heavy (non-hydrogen) atoms. The molecule has 0 amide bonds. The van der Waals surface area contributed by atoms with Crippen molar-refractivity contribution >= 4 is 21.9 Å². The summed E-state index contributed by atoms with van der Waals surface area (Å²) in [5.41, 5.74) is 0.653. The molecule has 1 aromatic carbocycles. The third-order valence-corrected chi connectivity index (χ3v) is 4.68. The number of piperidine rings is 1. The van der Waals surface area contributed by atoms with Crippen LogP contribution in [0.2, 0.25) is 0 Å². The van der Waals surface area contributed by atoms with Crippen LogP contribution < -0.4 is 0 Å². The zero-order valence-corrected chi connectivity index (χ0v) is 13.2. The summed E-state index contributed by atoms with van der Waals surface area (Å²) < 4.78 is 14.8. The second-order valence-electron chi connectivity index (χ2n) is 5.49. The van der Waals surface area contributed by atoms with Gasteiger partial charge >= 0.3 is 5.97 Å². The molecule has 3 nitrogen and oxygen atoms in total. The molecular weight excluding hydrogens is 325 g/mol. The van der Waals surface area contributed by atoms with Gasteiger partial charge in [0.1, 0.15) is 5.82 Å². The number of carboxylic acid groups (broad SMARTS) is 1. The van der Waals surface area contributed by atoms with Crippen LogP contribution in [0.5, 0.6) is 0 Å². The number of aliphatic carboxylic acids is 1. The first kappa shape index (κ1) is 15.4. The monoisotopic (exact) mass is 343 g/mol. The van der Waals surface area contributed by atoms with E-state index in [1.54, 1.807) is 12.1 Å². The van der Waals surface area contributed by atoms with Crippen molar-refractivity contribution in [3.05, 3.63) is 34.1 Å². The molecule has 110 valence electrons. The Morgan fingerprint density at radius 3 is 2.85 bits per heavy atom. The van der Waals surface area contributed by atoms with Gasteiger partial charge in [0.2, 0.25) is 0 Å². The van der Waals surface area contributed by atoms with Gasteiger partial charge in [0.15, 0.2) is 0 Å². The van der Waals surface area contributed by atoms with Crippen LogP contribution >= 0.6 is 15.9 Å². The van der Waals surface area contributed by atoms with E-state index >= 15 is 0 Å². The fraction of sp³-hybridized carbons (Fsp3) is 0.533. The van der Waals surface area contributed by atoms with E-state index in [9.17, 15) is 9.18 Å². The third-order valence-electron chi connectivity index (χ3n) is 4.18. The van der Waals surface area contributed by atoms with Crippen molar-refractivity contribution < 1.29 is 14.3 Å². The molecule has 1 heterocycles. The molecule has 1 aliphatic heterocycles. The van der Waals surface area contributed by atoms with Gasteiger partial charge in [-0.1, -0.05) is 15.9 Å². The Morgan fingerprint density at radius 2 is 2.25 bits per heavy atom. The minimum Gasteiger partial charge on any atom is -0.481 e. The summed E-state index contributed by atoms with van der Waals surface area (Å²) in [6, 6.07) is 5.03. The largest absolute Gasteiger partial charge is 0.481 e. The number of carboxylic acids is 1. The summed E-state index contributed by atoms with van der Waals surface area (Å²) in [6.45, 7) is 4.68. The number of halogens is 2. The molecule has 3 unspecified atom stereocenters. The van der Waals surface area contributed by atoms with Crippen molar-refractivity contribution in [1.29, 1.82) is 0 Å². The summed E-state index contributed by atoms with van der Waals surface area (Å²) in [5, 5.41) is 9.09. The minimum absolute atomic E-state index is 0.0581. The van der Waals surface area contributed by atoms with Gasteiger partial charge in [0.25, 0.3) is 0 Å². The molecule has 0 aliphatic carbocycles. The standard InChI is InChI=1S/C15H19BrFNO2/c1-9-7-11(15(19)20)5-6-18(9)10(2)13-8-12(16)3-4-14(13)17/h3-4,8-11H,5-7H2,1-2H3,(H,19,20). The Labute approximate surface area is 126 Å². The summed E-state index contributed by atoms with van der Waals surface area (Å²) >= 11 is 3.37. The van der Waals surface area contributed by atoms with Gasteiger partial charge in [-0.2, -0.15) is 0 Å². The molecule has 1 aliphatic rings. The first-order valence-corrected chi connectivity index (χ1v) is 7.63. The van der Waals surface area contributed by atoms with E-state index in [2.05, 4.69) is 20.8 Å². The molecule has 0 radical (unpaired) electrons. The van der Waals surface area contributed by atoms with Gasteiger partial charge in [0.05, 0.1) is 5.92 Å². The van der Waals surface area contributed by atoms with E-state index in [1.807, 2.05) is 13.8 Å². The first-order valence-electron chi connectivity index (χ1n) is 6.83. The maximum atomic E-state index is 14.0. The van der Waals surface area contributed by atoms with E-state index in [-0.39, 0.29) is 23.8 Å². The average Bonchev–Trinajstić information content (AvgIpc) is 2.40. The Bertz CT molecular complexity index is 509. The van der Waals surface area contributed by atoms with E-state index in [1.165, 1.54) is 6.07 Å². The predicted molar refractivity (Wildman–Crippen MR) is 79.0 cm³/mol. The third kappa shape index (κ3) is 3.20. The highest BCUT2D eigenvalue weighted by Gasteiger charge is 2.33. The number of benzene rings is 1. The second-order valence-corrected chi connectivity index (χ2v) is 6.40. The van der Waals surface area contributed by atoms with E-state index in [4.69, 9.17) is 5.11 Å². The highest BCUT2D eigenvalue weighted by atomic mass is 79.9. The highest BCUT2D eigenvalue weighted by Crippen LogP contribution is 2.33. The van der Waals surface area contributed by atoms with Crippen LogP contribution in [-0.4, -0.2) is 28.6 Å². The fourth-order valence-electron chi connectivity index (χ4n) is 3.00. The molecule has 1 N–H and O–H groups in total. The zero-order valence-electron chi connectivity index (χ0n) is 11.6. The molecule has 0 spiro atoms. The Morgan fingerprint density at radius 1 is 1.55 bits per heavy atom. The number of hydrogen-bond donors (Lipinski definition) is 1. The van der Waals surface area contributed by atoms with Crippen LogP contribution in [0.4, 0.5) is 4.39 Å². The lowest BCUT2D eigenvalue weighted by atomic mass is 9.89. The summed E-state index contributed by atoms with van der Waals surface area (Å²) in [4.78, 5) is 13.2. The SMILES string of the molecule is CC1CC(C(=O)O)CCN1C(C)c1cc(Br)ccc1F. The minimum atomic E-state index is -0.724. The van der Waals surface area contributed by atoms with Gasteiger partial charge < -0.3 is 5.11 Å². The molecule has 0 aromatic heterocycles. The van der Waals surface area contributed by atoms with E-state index < -0.39 is 5.97 Å². The average molecular weight is 344 g/mol. The summed E-state index contributed by atoms with van der Waals surface area (Å²) in [6.07, 6.45) is 1.24. The molecule has 1 saturated heterocycles. The van der Waals surface area contributed by atoms with Gasteiger partial charge in [-0.3, -0.25) is 9.69 Å². The zero-order chi connectivity index (χ0) is 14.9. The van der Waals surface area contributed by atoms with Crippen LogP contribution in [0.1, 0.15) is 38.3 Å². The van der Waals surface area contributed by atoms with Gasteiger partial charge in [0, 0.05) is 22.1 Å². The molecule has 0 bridgehead atoms. The highest BCUT2D eigenvalue weighted by molar-refractivity contribution is 9.10. The quantitative estimate of drug-likeness (QED) is 0.906. The smallest absolute Gasteiger partial charge is 0.306 e. The molecule has 5 heteroatoms. The van der Waals surface area contributed by atoms with Crippen molar-refractivity contribution in [1.82, 2.24) is 4.90 Å². The maximum absolute atomic E-state index is 14.0. The topological polar surface area (TPSA) is 40.5 Å². The van der Waals surface area contributed by atoms with Gasteiger partial charge in [-0.05, 0) is 51.4 Å². The van der Waals surface area contributed by atoms with Crippen LogP contribution in [0.15, 0.2) is 22.7 Å². The van der Waals surface area contributed by atoms with Crippen molar-refractivity contribution in [2.24, 2.45) is 5.92 Å². The number of nitrogens with zero attached hydrogens (tertiary/aromatic N) is 1. The normalized spacial score (nSPS) is 25.4. The second kappa shape index (κ2) is 6.22.